The van der Waals surface area contributed by atoms with Gasteiger partial charge in [-0.1, -0.05) is 91.0 Å². The monoisotopic (exact) mass is 664 g/mol. The molecule has 0 unspecified atom stereocenters. The molecule has 0 aliphatic carbocycles. The third-order valence-electron chi connectivity index (χ3n) is 8.79. The summed E-state index contributed by atoms with van der Waals surface area (Å²) in [5.74, 6) is 0. The smallest absolute Gasteiger partial charge is 0.136 e. The van der Waals surface area contributed by atoms with Gasteiger partial charge in [-0.05, 0) is 81.7 Å². The Labute approximate surface area is 261 Å². The van der Waals surface area contributed by atoms with E-state index in [0.29, 0.717) is 0 Å². The Bertz CT molecular complexity index is 2530. The molecule has 0 aliphatic rings. The summed E-state index contributed by atoms with van der Waals surface area (Å²) < 4.78 is 12.3. The maximum Gasteiger partial charge on any atom is 0.136 e. The summed E-state index contributed by atoms with van der Waals surface area (Å²) in [6.45, 7) is 0. The van der Waals surface area contributed by atoms with E-state index in [-0.39, 0.29) is 0 Å². The molecule has 43 heavy (non-hydrogen) atoms. The van der Waals surface area contributed by atoms with Gasteiger partial charge in [-0.15, -0.1) is 0 Å². The quantitative estimate of drug-likeness (QED) is 0.172. The first-order chi connectivity index (χ1) is 21.2. The van der Waals surface area contributed by atoms with Crippen molar-refractivity contribution < 1.29 is 4.42 Å². The number of para-hydroxylation sites is 2. The van der Waals surface area contributed by atoms with Gasteiger partial charge in [0.15, 0.2) is 0 Å². The molecule has 0 fully saturated rings. The summed E-state index contributed by atoms with van der Waals surface area (Å²) in [5, 5.41) is 5.98. The van der Waals surface area contributed by atoms with Crippen LogP contribution in [0.5, 0.6) is 0 Å². The summed E-state index contributed by atoms with van der Waals surface area (Å²) >= 11 is 2.50. The van der Waals surface area contributed by atoms with Crippen LogP contribution in [0, 0.1) is 3.57 Å². The number of hydrogen-bond acceptors (Lipinski definition) is 1. The largest absolute Gasteiger partial charge is 0.456 e. The van der Waals surface area contributed by atoms with Crippen LogP contribution in [0.2, 0.25) is 0 Å². The Hall–Kier alpha value is -4.81. The van der Waals surface area contributed by atoms with Crippen LogP contribution >= 0.6 is 22.6 Å². The summed E-state index contributed by atoms with van der Waals surface area (Å²) in [7, 11) is 2.17. The number of hydrogen-bond donors (Lipinski definition) is 0. The second kappa shape index (κ2) is 9.35. The van der Waals surface area contributed by atoms with Gasteiger partial charge in [0.1, 0.15) is 11.2 Å². The van der Waals surface area contributed by atoms with Crippen molar-refractivity contribution in [2.24, 2.45) is 7.05 Å². The highest BCUT2D eigenvalue weighted by molar-refractivity contribution is 14.1. The molecule has 3 nitrogen and oxygen atoms in total. The summed E-state index contributed by atoms with van der Waals surface area (Å²) in [6.07, 6.45) is 0. The molecule has 204 valence electrons. The van der Waals surface area contributed by atoms with Gasteiger partial charge in [-0.3, -0.25) is 0 Å². The molecule has 3 aromatic heterocycles. The van der Waals surface area contributed by atoms with E-state index in [1.165, 1.54) is 58.7 Å². The number of halogens is 1. The van der Waals surface area contributed by atoms with Crippen LogP contribution in [0.25, 0.3) is 82.7 Å². The maximum atomic E-state index is 6.27. The lowest BCUT2D eigenvalue weighted by Gasteiger charge is -2.11. The summed E-state index contributed by atoms with van der Waals surface area (Å²) in [5.41, 5.74) is 11.5. The van der Waals surface area contributed by atoms with E-state index in [1.807, 2.05) is 12.1 Å². The third kappa shape index (κ3) is 3.66. The third-order valence-corrected chi connectivity index (χ3v) is 9.89. The van der Waals surface area contributed by atoms with Crippen molar-refractivity contribution in [3.05, 3.63) is 137 Å². The van der Waals surface area contributed by atoms with Crippen LogP contribution in [0.4, 0.5) is 0 Å². The molecule has 0 aliphatic heterocycles. The minimum absolute atomic E-state index is 0.921. The summed E-state index contributed by atoms with van der Waals surface area (Å²) in [6, 6.07) is 47.9. The standard InChI is InChI=1S/C39H25IN2O/c1-41-34-21-26(18-19-30(34)38(40)39(41)24-10-3-2-4-11-24)25-12-9-13-27(20-25)42-33-16-7-5-14-28(33)31-23-37-32(22-35(31)42)29-15-6-8-17-36(29)43-37/h2-23H,1H3. The number of aromatic nitrogens is 2. The van der Waals surface area contributed by atoms with Gasteiger partial charge in [0.25, 0.3) is 0 Å². The number of aryl methyl sites for hydroxylation is 1. The van der Waals surface area contributed by atoms with Crippen molar-refractivity contribution in [2.75, 3.05) is 0 Å². The predicted molar refractivity (Wildman–Crippen MR) is 188 cm³/mol. The number of rotatable bonds is 3. The fraction of sp³-hybridized carbons (Fsp3) is 0.0256. The lowest BCUT2D eigenvalue weighted by Crippen LogP contribution is -1.94. The Kier molecular flexibility index (Phi) is 5.38. The second-order valence-electron chi connectivity index (χ2n) is 11.2. The number of fused-ring (bicyclic) bond motifs is 7. The zero-order valence-electron chi connectivity index (χ0n) is 23.4. The SMILES string of the molecule is Cn1c(-c2ccccc2)c(I)c2ccc(-c3cccc(-n4c5ccccc5c5cc6oc7ccccc7c6cc54)c3)cc21. The summed E-state index contributed by atoms with van der Waals surface area (Å²) in [4.78, 5) is 0. The van der Waals surface area contributed by atoms with Gasteiger partial charge in [0, 0.05) is 48.8 Å². The van der Waals surface area contributed by atoms with E-state index in [0.717, 1.165) is 27.6 Å². The van der Waals surface area contributed by atoms with Crippen LogP contribution in [0.3, 0.4) is 0 Å². The molecule has 0 bridgehead atoms. The van der Waals surface area contributed by atoms with E-state index in [4.69, 9.17) is 4.42 Å². The average Bonchev–Trinajstić information content (AvgIpc) is 3.67. The molecular formula is C39H25IN2O. The number of furan rings is 1. The molecule has 0 atom stereocenters. The number of benzene rings is 6. The maximum absolute atomic E-state index is 6.27. The van der Waals surface area contributed by atoms with Crippen molar-refractivity contribution in [2.45, 2.75) is 0 Å². The van der Waals surface area contributed by atoms with E-state index in [1.54, 1.807) is 0 Å². The highest BCUT2D eigenvalue weighted by atomic mass is 127. The van der Waals surface area contributed by atoms with Gasteiger partial charge in [-0.25, -0.2) is 0 Å². The van der Waals surface area contributed by atoms with Gasteiger partial charge >= 0.3 is 0 Å². The van der Waals surface area contributed by atoms with Crippen LogP contribution in [0.15, 0.2) is 138 Å². The Balaban J connectivity index is 1.25. The molecule has 0 N–H and O–H groups in total. The first-order valence-electron chi connectivity index (χ1n) is 14.4. The normalized spacial score (nSPS) is 12.0. The van der Waals surface area contributed by atoms with Gasteiger partial charge in [0.2, 0.25) is 0 Å². The second-order valence-corrected chi connectivity index (χ2v) is 12.3. The van der Waals surface area contributed by atoms with E-state index in [2.05, 4.69) is 160 Å². The predicted octanol–water partition coefficient (Wildman–Crippen LogP) is 11.1. The van der Waals surface area contributed by atoms with Crippen molar-refractivity contribution in [1.29, 1.82) is 0 Å². The van der Waals surface area contributed by atoms with Gasteiger partial charge in [-0.2, -0.15) is 0 Å². The Morgan fingerprint density at radius 2 is 1.23 bits per heavy atom. The van der Waals surface area contributed by atoms with Gasteiger partial charge in [0.05, 0.1) is 16.7 Å². The van der Waals surface area contributed by atoms with Crippen molar-refractivity contribution in [3.63, 3.8) is 0 Å². The Morgan fingerprint density at radius 3 is 2.12 bits per heavy atom. The molecule has 3 heterocycles. The minimum atomic E-state index is 0.921. The van der Waals surface area contributed by atoms with Crippen LogP contribution in [0.1, 0.15) is 0 Å². The van der Waals surface area contributed by atoms with Crippen LogP contribution in [-0.2, 0) is 7.05 Å². The lowest BCUT2D eigenvalue weighted by molar-refractivity contribution is 0.669. The molecule has 0 saturated heterocycles. The zero-order chi connectivity index (χ0) is 28.7. The fourth-order valence-corrected chi connectivity index (χ4v) is 7.90. The first-order valence-corrected chi connectivity index (χ1v) is 15.5. The molecule has 0 radical (unpaired) electrons. The topological polar surface area (TPSA) is 23.0 Å². The molecule has 4 heteroatoms. The van der Waals surface area contributed by atoms with Gasteiger partial charge < -0.3 is 13.6 Å². The number of nitrogens with zero attached hydrogens (tertiary/aromatic N) is 2. The molecule has 0 amide bonds. The Morgan fingerprint density at radius 1 is 0.488 bits per heavy atom. The van der Waals surface area contributed by atoms with Crippen molar-refractivity contribution >= 4 is 77.2 Å². The van der Waals surface area contributed by atoms with Crippen molar-refractivity contribution in [1.82, 2.24) is 9.13 Å². The minimum Gasteiger partial charge on any atom is -0.456 e. The highest BCUT2D eigenvalue weighted by Crippen LogP contribution is 2.40. The first kappa shape index (κ1) is 24.8. The molecular weight excluding hydrogens is 639 g/mol. The molecule has 0 saturated carbocycles. The molecule has 9 rings (SSSR count). The van der Waals surface area contributed by atoms with E-state index < -0.39 is 0 Å². The van der Waals surface area contributed by atoms with Crippen LogP contribution < -0.4 is 0 Å². The van der Waals surface area contributed by atoms with Crippen molar-refractivity contribution in [3.8, 4) is 28.1 Å². The highest BCUT2D eigenvalue weighted by Gasteiger charge is 2.18. The van der Waals surface area contributed by atoms with E-state index in [9.17, 15) is 0 Å². The molecule has 9 aromatic rings. The molecule has 6 aromatic carbocycles. The fourth-order valence-electron chi connectivity index (χ4n) is 6.78. The lowest BCUT2D eigenvalue weighted by atomic mass is 10.0. The zero-order valence-corrected chi connectivity index (χ0v) is 25.5. The average molecular weight is 665 g/mol. The van der Waals surface area contributed by atoms with E-state index >= 15 is 0 Å². The van der Waals surface area contributed by atoms with Crippen LogP contribution in [-0.4, -0.2) is 9.13 Å². The molecule has 0 spiro atoms.